The van der Waals surface area contributed by atoms with Gasteiger partial charge in [0.1, 0.15) is 11.5 Å². The van der Waals surface area contributed by atoms with Gasteiger partial charge in [-0.2, -0.15) is 26.3 Å². The lowest BCUT2D eigenvalue weighted by Crippen LogP contribution is -2.36. The second-order valence-electron chi connectivity index (χ2n) is 8.50. The minimum absolute atomic E-state index is 0.0206. The van der Waals surface area contributed by atoms with Gasteiger partial charge in [-0.15, -0.1) is 0 Å². The van der Waals surface area contributed by atoms with Crippen LogP contribution >= 0.6 is 11.6 Å². The smallest absolute Gasteiger partial charge is 0.334 e. The van der Waals surface area contributed by atoms with Crippen LogP contribution in [0, 0.1) is 5.82 Å². The summed E-state index contributed by atoms with van der Waals surface area (Å²) in [5.74, 6) is -2.67. The maximum Gasteiger partial charge on any atom is 0.433 e. The van der Waals surface area contributed by atoms with Crippen molar-refractivity contribution in [3.63, 3.8) is 0 Å². The number of fused-ring (bicyclic) bond motifs is 1. The largest absolute Gasteiger partial charge is 0.433 e. The lowest BCUT2D eigenvalue weighted by Gasteiger charge is -2.30. The molecule has 0 bridgehead atoms. The molecule has 1 aromatic heterocycles. The maximum atomic E-state index is 13.9. The van der Waals surface area contributed by atoms with Crippen molar-refractivity contribution >= 4 is 29.1 Å². The van der Waals surface area contributed by atoms with Gasteiger partial charge < -0.3 is 10.2 Å². The third kappa shape index (κ3) is 5.90. The molecule has 13 heteroatoms. The Morgan fingerprint density at radius 2 is 1.74 bits per heavy atom. The summed E-state index contributed by atoms with van der Waals surface area (Å²) in [6, 6.07) is 7.11. The molecule has 0 atom stereocenters. The number of alkyl halides is 6. The quantitative estimate of drug-likeness (QED) is 0.382. The molecule has 0 unspecified atom stereocenters. The molecule has 0 aliphatic carbocycles. The van der Waals surface area contributed by atoms with Crippen LogP contribution in [0.25, 0.3) is 0 Å². The Labute approximate surface area is 216 Å². The van der Waals surface area contributed by atoms with Crippen LogP contribution in [-0.2, 0) is 36.5 Å². The van der Waals surface area contributed by atoms with E-state index in [-0.39, 0.29) is 41.3 Å². The minimum atomic E-state index is -4.86. The van der Waals surface area contributed by atoms with Crippen molar-refractivity contribution in [3.8, 4) is 0 Å². The minimum Gasteiger partial charge on any atom is -0.334 e. The van der Waals surface area contributed by atoms with Gasteiger partial charge in [0.2, 0.25) is 5.91 Å². The molecule has 4 rings (SSSR count). The van der Waals surface area contributed by atoms with Gasteiger partial charge in [-0.25, -0.2) is 4.39 Å². The molecule has 0 radical (unpaired) electrons. The molecule has 200 valence electrons. The number of nitrogens with one attached hydrogen (secondary N) is 1. The zero-order valence-electron chi connectivity index (χ0n) is 19.2. The highest BCUT2D eigenvalue weighted by molar-refractivity contribution is 6.34. The third-order valence-electron chi connectivity index (χ3n) is 5.91. The van der Waals surface area contributed by atoms with Crippen LogP contribution in [-0.4, -0.2) is 28.2 Å². The van der Waals surface area contributed by atoms with E-state index >= 15 is 0 Å². The highest BCUT2D eigenvalue weighted by Gasteiger charge is 2.34. The van der Waals surface area contributed by atoms with Crippen LogP contribution < -0.4 is 5.32 Å². The number of rotatable bonds is 4. The fourth-order valence-electron chi connectivity index (χ4n) is 4.07. The fraction of sp³-hybridized carbons (Fsp3) is 0.240. The van der Waals surface area contributed by atoms with E-state index in [1.165, 1.54) is 11.0 Å². The molecule has 0 fully saturated rings. The monoisotopic (exact) mass is 559 g/mol. The number of hydrogen-bond donors (Lipinski definition) is 1. The van der Waals surface area contributed by atoms with Crippen molar-refractivity contribution in [3.05, 3.63) is 93.0 Å². The van der Waals surface area contributed by atoms with Crippen LogP contribution in [0.5, 0.6) is 0 Å². The first-order valence-electron chi connectivity index (χ1n) is 11.0. The standard InChI is InChI=1S/C25H17ClF7N3O2/c26-18-5-2-15-12-36(23(38)14-3-6-20(34-11-14)25(31,32)33)8-7-16(15)22(18)35-21(37)10-13-1-4-17(19(27)9-13)24(28,29)30/h1-6,9,11H,7-8,10,12H2,(H,35,37). The van der Waals surface area contributed by atoms with Crippen molar-refractivity contribution in [1.82, 2.24) is 9.88 Å². The van der Waals surface area contributed by atoms with E-state index in [2.05, 4.69) is 10.3 Å². The Morgan fingerprint density at radius 1 is 1.00 bits per heavy atom. The molecule has 1 aliphatic heterocycles. The SMILES string of the molecule is O=C(Cc1ccc(C(F)(F)F)c(F)c1)Nc1c(Cl)ccc2c1CCN(C(=O)c1ccc(C(F)(F)F)nc1)C2. The lowest BCUT2D eigenvalue weighted by molar-refractivity contribution is -0.141. The van der Waals surface area contributed by atoms with Crippen molar-refractivity contribution < 1.29 is 40.3 Å². The van der Waals surface area contributed by atoms with E-state index in [4.69, 9.17) is 11.6 Å². The van der Waals surface area contributed by atoms with E-state index in [1.807, 2.05) is 0 Å². The Kier molecular flexibility index (Phi) is 7.37. The molecular formula is C25H17ClF7N3O2. The number of aromatic nitrogens is 1. The van der Waals surface area contributed by atoms with E-state index in [1.54, 1.807) is 6.07 Å². The lowest BCUT2D eigenvalue weighted by atomic mass is 9.97. The predicted octanol–water partition coefficient (Wildman–Crippen LogP) is 6.29. The van der Waals surface area contributed by atoms with Gasteiger partial charge in [0.15, 0.2) is 0 Å². The average molecular weight is 560 g/mol. The number of anilines is 1. The molecule has 1 N–H and O–H groups in total. The summed E-state index contributed by atoms with van der Waals surface area (Å²) in [6.07, 6.45) is -8.80. The number of amides is 2. The summed E-state index contributed by atoms with van der Waals surface area (Å²) in [6.45, 7) is 0.250. The zero-order valence-corrected chi connectivity index (χ0v) is 19.9. The number of carbonyl (C=O) groups excluding carboxylic acids is 2. The Hall–Kier alpha value is -3.67. The van der Waals surface area contributed by atoms with E-state index in [9.17, 15) is 40.3 Å². The molecular weight excluding hydrogens is 543 g/mol. The summed E-state index contributed by atoms with van der Waals surface area (Å²) in [5.41, 5.74) is -1.04. The molecule has 3 aromatic rings. The summed E-state index contributed by atoms with van der Waals surface area (Å²) in [5, 5.41) is 2.79. The fourth-order valence-corrected chi connectivity index (χ4v) is 4.30. The van der Waals surface area contributed by atoms with Gasteiger partial charge in [-0.3, -0.25) is 14.6 Å². The third-order valence-corrected chi connectivity index (χ3v) is 6.22. The topological polar surface area (TPSA) is 62.3 Å². The number of pyridine rings is 1. The number of nitrogens with zero attached hydrogens (tertiary/aromatic N) is 2. The van der Waals surface area contributed by atoms with Gasteiger partial charge in [0.25, 0.3) is 5.91 Å². The molecule has 0 spiro atoms. The predicted molar refractivity (Wildman–Crippen MR) is 123 cm³/mol. The molecule has 5 nitrogen and oxygen atoms in total. The molecule has 1 aliphatic rings. The van der Waals surface area contributed by atoms with E-state index < -0.39 is 47.7 Å². The van der Waals surface area contributed by atoms with Gasteiger partial charge in [0, 0.05) is 19.3 Å². The van der Waals surface area contributed by atoms with Crippen LogP contribution in [0.1, 0.15) is 38.3 Å². The first-order valence-corrected chi connectivity index (χ1v) is 11.4. The molecule has 38 heavy (non-hydrogen) atoms. The van der Waals surface area contributed by atoms with Gasteiger partial charge in [-0.1, -0.05) is 23.7 Å². The highest BCUT2D eigenvalue weighted by atomic mass is 35.5. The molecule has 0 saturated heterocycles. The summed E-state index contributed by atoms with van der Waals surface area (Å²) < 4.78 is 90.4. The molecule has 2 aromatic carbocycles. The molecule has 2 heterocycles. The molecule has 2 amide bonds. The van der Waals surface area contributed by atoms with Crippen LogP contribution in [0.15, 0.2) is 48.7 Å². The highest BCUT2D eigenvalue weighted by Crippen LogP contribution is 2.34. The first-order chi connectivity index (χ1) is 17.7. The number of halogens is 8. The van der Waals surface area contributed by atoms with Crippen LogP contribution in [0.2, 0.25) is 5.02 Å². The molecule has 0 saturated carbocycles. The van der Waals surface area contributed by atoms with Crippen molar-refractivity contribution in [2.24, 2.45) is 0 Å². The summed E-state index contributed by atoms with van der Waals surface area (Å²) >= 11 is 6.27. The average Bonchev–Trinajstić information content (AvgIpc) is 2.84. The van der Waals surface area contributed by atoms with Crippen molar-refractivity contribution in [2.45, 2.75) is 31.7 Å². The second kappa shape index (κ2) is 10.2. The van der Waals surface area contributed by atoms with Crippen LogP contribution in [0.3, 0.4) is 0 Å². The Balaban J connectivity index is 1.47. The summed E-state index contributed by atoms with van der Waals surface area (Å²) in [7, 11) is 0. The number of benzene rings is 2. The number of carbonyl (C=O) groups is 2. The number of hydrogen-bond acceptors (Lipinski definition) is 3. The zero-order chi connectivity index (χ0) is 27.8. The van der Waals surface area contributed by atoms with Crippen molar-refractivity contribution in [1.29, 1.82) is 0 Å². The Bertz CT molecular complexity index is 1390. The van der Waals surface area contributed by atoms with E-state index in [0.717, 1.165) is 24.4 Å². The van der Waals surface area contributed by atoms with Gasteiger partial charge in [0.05, 0.1) is 28.3 Å². The summed E-state index contributed by atoms with van der Waals surface area (Å²) in [4.78, 5) is 30.1. The van der Waals surface area contributed by atoms with Gasteiger partial charge in [-0.05, 0) is 53.4 Å². The Morgan fingerprint density at radius 3 is 2.34 bits per heavy atom. The maximum absolute atomic E-state index is 13.9. The van der Waals surface area contributed by atoms with Crippen LogP contribution in [0.4, 0.5) is 36.4 Å². The van der Waals surface area contributed by atoms with Gasteiger partial charge >= 0.3 is 12.4 Å². The van der Waals surface area contributed by atoms with E-state index in [0.29, 0.717) is 23.3 Å². The second-order valence-corrected chi connectivity index (χ2v) is 8.91. The normalized spacial score (nSPS) is 13.7. The first kappa shape index (κ1) is 27.4. The van der Waals surface area contributed by atoms with Crippen molar-refractivity contribution in [2.75, 3.05) is 11.9 Å².